The van der Waals surface area contributed by atoms with Gasteiger partial charge in [-0.05, 0) is 97.6 Å². The molecule has 1 amide bonds. The van der Waals surface area contributed by atoms with E-state index in [1.165, 1.54) is 5.56 Å². The fourth-order valence-electron chi connectivity index (χ4n) is 7.59. The number of carbonyl (C=O) groups is 1. The smallest absolute Gasteiger partial charge is 0.220 e. The van der Waals surface area contributed by atoms with Crippen LogP contribution >= 0.6 is 0 Å². The lowest BCUT2D eigenvalue weighted by Gasteiger charge is -2.51. The Morgan fingerprint density at radius 2 is 2.06 bits per heavy atom. The molecule has 5 heteroatoms. The normalized spacial score (nSPS) is 37.6. The van der Waals surface area contributed by atoms with Crippen molar-refractivity contribution in [3.8, 4) is 0 Å². The van der Waals surface area contributed by atoms with Gasteiger partial charge in [0, 0.05) is 25.7 Å². The molecule has 1 aromatic carbocycles. The lowest BCUT2D eigenvalue weighted by atomic mass is 9.53. The largest absolute Gasteiger partial charge is 0.393 e. The summed E-state index contributed by atoms with van der Waals surface area (Å²) in [5, 5.41) is 14.2. The third-order valence-electron chi connectivity index (χ3n) is 9.14. The molecule has 1 aliphatic heterocycles. The molecule has 1 saturated heterocycles. The van der Waals surface area contributed by atoms with Gasteiger partial charge in [-0.25, -0.2) is 4.39 Å². The first-order valence-corrected chi connectivity index (χ1v) is 12.3. The summed E-state index contributed by atoms with van der Waals surface area (Å²) in [6.07, 6.45) is 7.47. The average molecular weight is 430 g/mol. The van der Waals surface area contributed by atoms with Crippen molar-refractivity contribution < 1.29 is 19.0 Å². The SMILES string of the molecule is C[C@]12CCC3c4cccc(F)c4CCC3C1[C@H](CCC(=O)NC1CCOCC1)CC2O. The number of carbonyl (C=O) groups excluding carboxylic acids is 1. The van der Waals surface area contributed by atoms with E-state index in [2.05, 4.69) is 18.3 Å². The van der Waals surface area contributed by atoms with Crippen LogP contribution < -0.4 is 5.32 Å². The number of ether oxygens (including phenoxy) is 1. The highest BCUT2D eigenvalue weighted by molar-refractivity contribution is 5.76. The van der Waals surface area contributed by atoms with E-state index in [-0.39, 0.29) is 29.3 Å². The number of hydrogen-bond acceptors (Lipinski definition) is 3. The van der Waals surface area contributed by atoms with E-state index in [1.807, 2.05) is 6.07 Å². The maximum absolute atomic E-state index is 14.4. The van der Waals surface area contributed by atoms with E-state index in [4.69, 9.17) is 4.74 Å². The Balaban J connectivity index is 1.30. The molecular formula is C26H36FNO3. The highest BCUT2D eigenvalue weighted by Gasteiger charge is 2.58. The van der Waals surface area contributed by atoms with Crippen LogP contribution in [0.3, 0.4) is 0 Å². The van der Waals surface area contributed by atoms with Gasteiger partial charge in [0.1, 0.15) is 5.82 Å². The number of benzene rings is 1. The van der Waals surface area contributed by atoms with Gasteiger partial charge in [0.05, 0.1) is 6.10 Å². The highest BCUT2D eigenvalue weighted by atomic mass is 19.1. The van der Waals surface area contributed by atoms with Gasteiger partial charge in [0.25, 0.3) is 0 Å². The van der Waals surface area contributed by atoms with Gasteiger partial charge >= 0.3 is 0 Å². The van der Waals surface area contributed by atoms with Crippen LogP contribution in [0, 0.1) is 29.0 Å². The Morgan fingerprint density at radius 1 is 1.26 bits per heavy atom. The van der Waals surface area contributed by atoms with Crippen LogP contribution in [0.4, 0.5) is 4.39 Å². The highest BCUT2D eigenvalue weighted by Crippen LogP contribution is 2.63. The standard InChI is InChI=1S/C26H36FNO3/c1-26-12-9-19-18-3-2-4-22(27)20(18)6-7-21(19)25(26)16(15-23(26)29)5-8-24(30)28-17-10-13-31-14-11-17/h2-4,16-17,19,21,23,25,29H,5-15H2,1H3,(H,28,30)/t16-,19?,21?,23?,25?,26-/m1/s1. The summed E-state index contributed by atoms with van der Waals surface area (Å²) in [5.41, 5.74) is 2.04. The zero-order valence-electron chi connectivity index (χ0n) is 18.6. The molecular weight excluding hydrogens is 393 g/mol. The molecule has 2 saturated carbocycles. The molecule has 6 atom stereocenters. The summed E-state index contributed by atoms with van der Waals surface area (Å²) < 4.78 is 19.8. The third kappa shape index (κ3) is 3.82. The second kappa shape index (κ2) is 8.47. The van der Waals surface area contributed by atoms with Crippen LogP contribution in [-0.2, 0) is 16.0 Å². The Morgan fingerprint density at radius 3 is 2.87 bits per heavy atom. The van der Waals surface area contributed by atoms with Gasteiger partial charge in [-0.2, -0.15) is 0 Å². The van der Waals surface area contributed by atoms with Crippen LogP contribution in [0.15, 0.2) is 18.2 Å². The summed E-state index contributed by atoms with van der Waals surface area (Å²) in [5.74, 6) is 1.72. The van der Waals surface area contributed by atoms with Crippen LogP contribution in [0.5, 0.6) is 0 Å². The van der Waals surface area contributed by atoms with Crippen LogP contribution in [0.2, 0.25) is 0 Å². The van der Waals surface area contributed by atoms with Crippen LogP contribution in [0.1, 0.15) is 75.3 Å². The van der Waals surface area contributed by atoms with E-state index >= 15 is 0 Å². The second-order valence-corrected chi connectivity index (χ2v) is 10.7. The number of aliphatic hydroxyl groups is 1. The fourth-order valence-corrected chi connectivity index (χ4v) is 7.59. The summed E-state index contributed by atoms with van der Waals surface area (Å²) in [4.78, 5) is 12.6. The zero-order chi connectivity index (χ0) is 21.6. The lowest BCUT2D eigenvalue weighted by molar-refractivity contribution is -0.122. The molecule has 5 rings (SSSR count). The summed E-state index contributed by atoms with van der Waals surface area (Å²) in [7, 11) is 0. The number of fused-ring (bicyclic) bond motifs is 5. The van der Waals surface area contributed by atoms with E-state index in [9.17, 15) is 14.3 Å². The molecule has 0 spiro atoms. The molecule has 4 aliphatic rings. The van der Waals surface area contributed by atoms with Gasteiger partial charge in [-0.1, -0.05) is 19.1 Å². The number of rotatable bonds is 4. The number of nitrogens with one attached hydrogen (secondary N) is 1. The Labute approximate surface area is 184 Å². The Kier molecular flexibility index (Phi) is 5.85. The van der Waals surface area contributed by atoms with Crippen LogP contribution in [0.25, 0.3) is 0 Å². The first-order chi connectivity index (χ1) is 15.0. The number of aliphatic hydroxyl groups excluding tert-OH is 1. The van der Waals surface area contributed by atoms with Gasteiger partial charge in [-0.15, -0.1) is 0 Å². The van der Waals surface area contributed by atoms with Gasteiger partial charge < -0.3 is 15.2 Å². The molecule has 0 bridgehead atoms. The van der Waals surface area contributed by atoms with E-state index in [0.717, 1.165) is 70.1 Å². The molecule has 1 heterocycles. The summed E-state index contributed by atoms with van der Waals surface area (Å²) >= 11 is 0. The van der Waals surface area contributed by atoms with Crippen molar-refractivity contribution >= 4 is 5.91 Å². The molecule has 3 fully saturated rings. The average Bonchev–Trinajstić information content (AvgIpc) is 3.03. The monoisotopic (exact) mass is 429 g/mol. The van der Waals surface area contributed by atoms with Crippen molar-refractivity contribution in [3.05, 3.63) is 35.1 Å². The van der Waals surface area contributed by atoms with Crippen molar-refractivity contribution in [1.82, 2.24) is 5.32 Å². The lowest BCUT2D eigenvalue weighted by Crippen LogP contribution is -2.45. The number of amides is 1. The van der Waals surface area contributed by atoms with E-state index < -0.39 is 0 Å². The van der Waals surface area contributed by atoms with Gasteiger partial charge in [-0.3, -0.25) is 4.79 Å². The molecule has 0 aromatic heterocycles. The van der Waals surface area contributed by atoms with E-state index in [0.29, 0.717) is 30.1 Å². The molecule has 2 N–H and O–H groups in total. The minimum Gasteiger partial charge on any atom is -0.393 e. The predicted octanol–water partition coefficient (Wildman–Crippen LogP) is 4.34. The summed E-state index contributed by atoms with van der Waals surface area (Å²) in [6, 6.07) is 5.81. The van der Waals surface area contributed by atoms with Crippen molar-refractivity contribution in [1.29, 1.82) is 0 Å². The number of hydrogen-bond donors (Lipinski definition) is 2. The molecule has 4 nitrogen and oxygen atoms in total. The maximum atomic E-state index is 14.4. The van der Waals surface area contributed by atoms with Gasteiger partial charge in [0.15, 0.2) is 0 Å². The first-order valence-electron chi connectivity index (χ1n) is 12.3. The second-order valence-electron chi connectivity index (χ2n) is 10.7. The van der Waals surface area contributed by atoms with Crippen molar-refractivity contribution in [3.63, 3.8) is 0 Å². The molecule has 31 heavy (non-hydrogen) atoms. The minimum atomic E-state index is -0.295. The van der Waals surface area contributed by atoms with Crippen LogP contribution in [-0.4, -0.2) is 36.4 Å². The zero-order valence-corrected chi connectivity index (χ0v) is 18.6. The van der Waals surface area contributed by atoms with Crippen molar-refractivity contribution in [2.45, 2.75) is 82.8 Å². The minimum absolute atomic E-state index is 0.0583. The predicted molar refractivity (Wildman–Crippen MR) is 117 cm³/mol. The third-order valence-corrected chi connectivity index (χ3v) is 9.14. The molecule has 0 radical (unpaired) electrons. The first kappa shape index (κ1) is 21.4. The molecule has 3 aliphatic carbocycles. The maximum Gasteiger partial charge on any atom is 0.220 e. The molecule has 1 aromatic rings. The van der Waals surface area contributed by atoms with Gasteiger partial charge in [0.2, 0.25) is 5.91 Å². The van der Waals surface area contributed by atoms with E-state index in [1.54, 1.807) is 6.07 Å². The quantitative estimate of drug-likeness (QED) is 0.748. The Hall–Kier alpha value is -1.46. The summed E-state index contributed by atoms with van der Waals surface area (Å²) in [6.45, 7) is 3.72. The number of halogens is 1. The van der Waals surface area contributed by atoms with Crippen molar-refractivity contribution in [2.24, 2.45) is 23.2 Å². The topological polar surface area (TPSA) is 58.6 Å². The molecule has 170 valence electrons. The van der Waals surface area contributed by atoms with Crippen molar-refractivity contribution in [2.75, 3.05) is 13.2 Å². The fraction of sp³-hybridized carbons (Fsp3) is 0.731. The molecule has 4 unspecified atom stereocenters. The Bertz CT molecular complexity index is 823.